The van der Waals surface area contributed by atoms with E-state index in [2.05, 4.69) is 11.4 Å². The molecule has 0 aliphatic rings. The fourth-order valence-corrected chi connectivity index (χ4v) is 2.09. The third-order valence-electron chi connectivity index (χ3n) is 2.98. The Bertz CT molecular complexity index is 531. The van der Waals surface area contributed by atoms with Gasteiger partial charge in [0, 0.05) is 12.2 Å². The first-order chi connectivity index (χ1) is 9.04. The molecule has 0 aliphatic carbocycles. The van der Waals surface area contributed by atoms with Crippen molar-refractivity contribution in [1.29, 1.82) is 0 Å². The van der Waals surface area contributed by atoms with Crippen LogP contribution in [-0.4, -0.2) is 11.7 Å². The molecule has 2 nitrogen and oxygen atoms in total. The van der Waals surface area contributed by atoms with Crippen LogP contribution in [0, 0.1) is 19.7 Å². The number of anilines is 1. The molecule has 0 amide bonds. The summed E-state index contributed by atoms with van der Waals surface area (Å²) in [5, 5.41) is 13.2. The van der Waals surface area contributed by atoms with E-state index < -0.39 is 6.10 Å². The summed E-state index contributed by atoms with van der Waals surface area (Å²) in [6.07, 6.45) is -0.651. The lowest BCUT2D eigenvalue weighted by Gasteiger charge is -2.14. The van der Waals surface area contributed by atoms with E-state index in [1.54, 1.807) is 12.1 Å². The van der Waals surface area contributed by atoms with Crippen LogP contribution < -0.4 is 5.32 Å². The van der Waals surface area contributed by atoms with Crippen LogP contribution in [0.3, 0.4) is 0 Å². The molecule has 1 unspecified atom stereocenters. The quantitative estimate of drug-likeness (QED) is 0.879. The van der Waals surface area contributed by atoms with Gasteiger partial charge in [0.05, 0.1) is 6.10 Å². The topological polar surface area (TPSA) is 32.3 Å². The van der Waals surface area contributed by atoms with E-state index in [9.17, 15) is 9.50 Å². The SMILES string of the molecule is Cc1cc(C)cc(NCC(O)c2ccc(F)cc2)c1. The number of hydrogen-bond acceptors (Lipinski definition) is 2. The van der Waals surface area contributed by atoms with Crippen molar-refractivity contribution in [2.75, 3.05) is 11.9 Å². The van der Waals surface area contributed by atoms with E-state index in [1.165, 1.54) is 23.3 Å². The molecule has 0 heterocycles. The van der Waals surface area contributed by atoms with Gasteiger partial charge in [-0.3, -0.25) is 0 Å². The number of benzene rings is 2. The van der Waals surface area contributed by atoms with E-state index in [0.29, 0.717) is 12.1 Å². The predicted molar refractivity (Wildman–Crippen MR) is 75.8 cm³/mol. The zero-order chi connectivity index (χ0) is 13.8. The van der Waals surface area contributed by atoms with E-state index in [1.807, 2.05) is 26.0 Å². The van der Waals surface area contributed by atoms with Crippen molar-refractivity contribution in [3.8, 4) is 0 Å². The Morgan fingerprint density at radius 2 is 1.63 bits per heavy atom. The molecule has 0 spiro atoms. The van der Waals surface area contributed by atoms with Gasteiger partial charge in [-0.1, -0.05) is 18.2 Å². The highest BCUT2D eigenvalue weighted by Crippen LogP contribution is 2.17. The Morgan fingerprint density at radius 1 is 1.05 bits per heavy atom. The Hall–Kier alpha value is -1.87. The standard InChI is InChI=1S/C16H18FNO/c1-11-7-12(2)9-15(8-11)18-10-16(19)13-3-5-14(17)6-4-13/h3-9,16,18-19H,10H2,1-2H3. The second-order valence-electron chi connectivity index (χ2n) is 4.82. The van der Waals surface area contributed by atoms with E-state index in [4.69, 9.17) is 0 Å². The number of aliphatic hydroxyl groups is 1. The highest BCUT2D eigenvalue weighted by atomic mass is 19.1. The summed E-state index contributed by atoms with van der Waals surface area (Å²) >= 11 is 0. The fourth-order valence-electron chi connectivity index (χ4n) is 2.09. The molecule has 1 atom stereocenters. The minimum absolute atomic E-state index is 0.293. The summed E-state index contributed by atoms with van der Waals surface area (Å²) in [5.74, 6) is -0.293. The van der Waals surface area contributed by atoms with Gasteiger partial charge < -0.3 is 10.4 Å². The molecule has 0 bridgehead atoms. The maximum atomic E-state index is 12.8. The van der Waals surface area contributed by atoms with E-state index in [0.717, 1.165) is 5.69 Å². The zero-order valence-electron chi connectivity index (χ0n) is 11.2. The zero-order valence-corrected chi connectivity index (χ0v) is 11.2. The molecule has 0 aliphatic heterocycles. The molecule has 2 N–H and O–H groups in total. The molecule has 100 valence electrons. The van der Waals surface area contributed by atoms with E-state index >= 15 is 0 Å². The van der Waals surface area contributed by atoms with Gasteiger partial charge in [0.25, 0.3) is 0 Å². The first-order valence-electron chi connectivity index (χ1n) is 6.30. The van der Waals surface area contributed by atoms with Crippen LogP contribution in [-0.2, 0) is 0 Å². The molecule has 0 aromatic heterocycles. The van der Waals surface area contributed by atoms with Gasteiger partial charge in [0.15, 0.2) is 0 Å². The lowest BCUT2D eigenvalue weighted by Crippen LogP contribution is -2.12. The maximum Gasteiger partial charge on any atom is 0.123 e. The molecule has 0 radical (unpaired) electrons. The number of hydrogen-bond donors (Lipinski definition) is 2. The average molecular weight is 259 g/mol. The highest BCUT2D eigenvalue weighted by molar-refractivity contribution is 5.48. The van der Waals surface area contributed by atoms with Crippen molar-refractivity contribution in [1.82, 2.24) is 0 Å². The molecule has 3 heteroatoms. The predicted octanol–water partition coefficient (Wildman–Crippen LogP) is 3.59. The van der Waals surface area contributed by atoms with Crippen molar-refractivity contribution in [2.45, 2.75) is 20.0 Å². The summed E-state index contributed by atoms with van der Waals surface area (Å²) in [6, 6.07) is 12.1. The van der Waals surface area contributed by atoms with Gasteiger partial charge in [-0.05, 0) is 54.8 Å². The monoisotopic (exact) mass is 259 g/mol. The first kappa shape index (κ1) is 13.6. The second-order valence-corrected chi connectivity index (χ2v) is 4.82. The Balaban J connectivity index is 1.99. The molecular formula is C16H18FNO. The van der Waals surface area contributed by atoms with Crippen molar-refractivity contribution >= 4 is 5.69 Å². The number of aliphatic hydroxyl groups excluding tert-OH is 1. The largest absolute Gasteiger partial charge is 0.387 e. The number of rotatable bonds is 4. The number of aryl methyl sites for hydroxylation is 2. The first-order valence-corrected chi connectivity index (χ1v) is 6.30. The molecule has 19 heavy (non-hydrogen) atoms. The van der Waals surface area contributed by atoms with Gasteiger partial charge in [-0.15, -0.1) is 0 Å². The summed E-state index contributed by atoms with van der Waals surface area (Å²) in [5.41, 5.74) is 4.05. The molecule has 0 saturated carbocycles. The summed E-state index contributed by atoms with van der Waals surface area (Å²) < 4.78 is 12.8. The second kappa shape index (κ2) is 5.85. The normalized spacial score (nSPS) is 12.2. The van der Waals surface area contributed by atoms with Gasteiger partial charge >= 0.3 is 0 Å². The minimum atomic E-state index is -0.651. The molecular weight excluding hydrogens is 241 g/mol. The molecule has 2 rings (SSSR count). The Kier molecular flexibility index (Phi) is 4.17. The summed E-state index contributed by atoms with van der Waals surface area (Å²) in [6.45, 7) is 4.47. The van der Waals surface area contributed by atoms with E-state index in [-0.39, 0.29) is 5.82 Å². The van der Waals surface area contributed by atoms with Gasteiger partial charge in [0.2, 0.25) is 0 Å². The van der Waals surface area contributed by atoms with Crippen LogP contribution in [0.4, 0.5) is 10.1 Å². The molecule has 2 aromatic rings. The maximum absolute atomic E-state index is 12.8. The van der Waals surface area contributed by atoms with Crippen LogP contribution in [0.15, 0.2) is 42.5 Å². The van der Waals surface area contributed by atoms with Crippen LogP contribution in [0.2, 0.25) is 0 Å². The average Bonchev–Trinajstić information content (AvgIpc) is 2.36. The highest BCUT2D eigenvalue weighted by Gasteiger charge is 2.07. The van der Waals surface area contributed by atoms with Crippen LogP contribution >= 0.6 is 0 Å². The van der Waals surface area contributed by atoms with Gasteiger partial charge in [0.1, 0.15) is 5.82 Å². The third kappa shape index (κ3) is 3.80. The lowest BCUT2D eigenvalue weighted by molar-refractivity contribution is 0.191. The Morgan fingerprint density at radius 3 is 2.21 bits per heavy atom. The smallest absolute Gasteiger partial charge is 0.123 e. The molecule has 0 fully saturated rings. The number of nitrogens with one attached hydrogen (secondary N) is 1. The van der Waals surface area contributed by atoms with Gasteiger partial charge in [-0.25, -0.2) is 4.39 Å². The van der Waals surface area contributed by atoms with Crippen molar-refractivity contribution < 1.29 is 9.50 Å². The minimum Gasteiger partial charge on any atom is -0.387 e. The van der Waals surface area contributed by atoms with Crippen molar-refractivity contribution in [3.63, 3.8) is 0 Å². The van der Waals surface area contributed by atoms with Crippen LogP contribution in [0.25, 0.3) is 0 Å². The summed E-state index contributed by atoms with van der Waals surface area (Å²) in [4.78, 5) is 0. The van der Waals surface area contributed by atoms with Crippen molar-refractivity contribution in [2.24, 2.45) is 0 Å². The summed E-state index contributed by atoms with van der Waals surface area (Å²) in [7, 11) is 0. The third-order valence-corrected chi connectivity index (χ3v) is 2.98. The Labute approximate surface area is 112 Å². The van der Waals surface area contributed by atoms with Gasteiger partial charge in [-0.2, -0.15) is 0 Å². The van der Waals surface area contributed by atoms with Crippen LogP contribution in [0.5, 0.6) is 0 Å². The molecule has 0 saturated heterocycles. The molecule has 2 aromatic carbocycles. The van der Waals surface area contributed by atoms with Crippen molar-refractivity contribution in [3.05, 3.63) is 65.0 Å². The van der Waals surface area contributed by atoms with Crippen LogP contribution in [0.1, 0.15) is 22.8 Å². The fraction of sp³-hybridized carbons (Fsp3) is 0.250. The lowest BCUT2D eigenvalue weighted by atomic mass is 10.1. The number of halogens is 1.